The summed E-state index contributed by atoms with van der Waals surface area (Å²) in [5.41, 5.74) is 0. The highest BCUT2D eigenvalue weighted by atomic mass is 28.4. The number of aliphatic carboxylic acids is 1. The fourth-order valence-electron chi connectivity index (χ4n) is 1.68. The van der Waals surface area contributed by atoms with Crippen LogP contribution in [0.4, 0.5) is 0 Å². The van der Waals surface area contributed by atoms with Gasteiger partial charge in [0, 0.05) is 12.2 Å². The molecule has 0 aliphatic rings. The molecule has 0 fully saturated rings. The van der Waals surface area contributed by atoms with E-state index in [1.54, 1.807) is 0 Å². The lowest BCUT2D eigenvalue weighted by molar-refractivity contribution is -0.133. The molecular weight excluding hydrogens is 248 g/mol. The van der Waals surface area contributed by atoms with E-state index < -0.39 is 20.3 Å². The van der Waals surface area contributed by atoms with Gasteiger partial charge < -0.3 is 9.53 Å². The normalized spacial score (nSPS) is 15.7. The molecule has 0 rings (SSSR count). The van der Waals surface area contributed by atoms with Gasteiger partial charge in [0.2, 0.25) is 0 Å². The van der Waals surface area contributed by atoms with E-state index in [1.165, 1.54) is 0 Å². The monoisotopic (exact) mass is 272 g/mol. The van der Waals surface area contributed by atoms with Gasteiger partial charge in [-0.05, 0) is 23.5 Å². The van der Waals surface area contributed by atoms with E-state index in [0.717, 1.165) is 18.2 Å². The molecule has 1 unspecified atom stereocenters. The van der Waals surface area contributed by atoms with Crippen LogP contribution in [0.2, 0.25) is 17.6 Å². The maximum atomic E-state index is 11.7. The van der Waals surface area contributed by atoms with E-state index in [1.807, 2.05) is 6.55 Å². The van der Waals surface area contributed by atoms with Crippen molar-refractivity contribution in [3.05, 3.63) is 12.2 Å². The van der Waals surface area contributed by atoms with Crippen molar-refractivity contribution < 1.29 is 19.1 Å². The second kappa shape index (κ2) is 6.18. The van der Waals surface area contributed by atoms with Gasteiger partial charge in [-0.15, -0.1) is 0 Å². The van der Waals surface area contributed by atoms with E-state index in [4.69, 9.17) is 9.53 Å². The average molecular weight is 272 g/mol. The molecule has 0 bridgehead atoms. The van der Waals surface area contributed by atoms with Crippen molar-refractivity contribution in [1.82, 2.24) is 0 Å². The summed E-state index contributed by atoms with van der Waals surface area (Å²) in [4.78, 5) is 22.0. The Morgan fingerprint density at radius 2 is 1.78 bits per heavy atom. The number of hydrogen-bond donors (Lipinski definition) is 1. The van der Waals surface area contributed by atoms with E-state index in [9.17, 15) is 9.59 Å². The first kappa shape index (κ1) is 16.9. The Bertz CT molecular complexity index is 341. The van der Waals surface area contributed by atoms with Crippen molar-refractivity contribution in [2.75, 3.05) is 0 Å². The molecule has 0 aromatic rings. The Morgan fingerprint density at radius 1 is 1.28 bits per heavy atom. The maximum Gasteiger partial charge on any atom is 0.328 e. The number of hydrogen-bond acceptors (Lipinski definition) is 3. The Balaban J connectivity index is 4.92. The first-order chi connectivity index (χ1) is 7.98. The van der Waals surface area contributed by atoms with Crippen molar-refractivity contribution in [2.24, 2.45) is 5.92 Å². The third-order valence-corrected chi connectivity index (χ3v) is 8.49. The molecule has 0 aromatic carbocycles. The summed E-state index contributed by atoms with van der Waals surface area (Å²) in [6.07, 6.45) is 1.80. The Labute approximate surface area is 110 Å². The van der Waals surface area contributed by atoms with E-state index in [-0.39, 0.29) is 5.04 Å². The van der Waals surface area contributed by atoms with E-state index in [2.05, 4.69) is 34.6 Å². The number of carbonyl (C=O) groups is 2. The minimum absolute atomic E-state index is 0.0794. The Kier molecular flexibility index (Phi) is 5.80. The van der Waals surface area contributed by atoms with Crippen LogP contribution in [0.1, 0.15) is 34.6 Å². The smallest absolute Gasteiger partial charge is 0.328 e. The second-order valence-corrected chi connectivity index (χ2v) is 10.7. The third-order valence-electron chi connectivity index (χ3n) is 3.07. The van der Waals surface area contributed by atoms with E-state index in [0.29, 0.717) is 5.92 Å². The summed E-state index contributed by atoms with van der Waals surface area (Å²) in [5, 5.41) is 8.40. The van der Waals surface area contributed by atoms with Crippen molar-refractivity contribution in [3.63, 3.8) is 0 Å². The average Bonchev–Trinajstić information content (AvgIpc) is 2.11. The van der Waals surface area contributed by atoms with Gasteiger partial charge in [-0.2, -0.15) is 0 Å². The van der Waals surface area contributed by atoms with Gasteiger partial charge >= 0.3 is 11.9 Å². The topological polar surface area (TPSA) is 63.6 Å². The Hall–Kier alpha value is -1.10. The lowest BCUT2D eigenvalue weighted by Crippen LogP contribution is -2.46. The molecule has 1 atom stereocenters. The zero-order valence-corrected chi connectivity index (χ0v) is 13.1. The predicted molar refractivity (Wildman–Crippen MR) is 73.8 cm³/mol. The van der Waals surface area contributed by atoms with Gasteiger partial charge in [-0.1, -0.05) is 34.6 Å². The molecule has 0 amide bonds. The van der Waals surface area contributed by atoms with Crippen LogP contribution in [0.3, 0.4) is 0 Å². The summed E-state index contributed by atoms with van der Waals surface area (Å²) in [5.74, 6) is -1.26. The van der Waals surface area contributed by atoms with Crippen molar-refractivity contribution in [3.8, 4) is 0 Å². The molecule has 0 aromatic heterocycles. The van der Waals surface area contributed by atoms with Gasteiger partial charge in [-0.25, -0.2) is 9.59 Å². The fourth-order valence-corrected chi connectivity index (χ4v) is 4.75. The molecule has 1 N–H and O–H groups in total. The lowest BCUT2D eigenvalue weighted by atomic mass is 10.2. The van der Waals surface area contributed by atoms with Crippen LogP contribution < -0.4 is 0 Å². The summed E-state index contributed by atoms with van der Waals surface area (Å²) in [7, 11) is -2.24. The largest absolute Gasteiger partial charge is 0.516 e. The van der Waals surface area contributed by atoms with Gasteiger partial charge in [0.05, 0.1) is 0 Å². The van der Waals surface area contributed by atoms with Crippen LogP contribution >= 0.6 is 0 Å². The predicted octanol–water partition coefficient (Wildman–Crippen LogP) is 3.20. The van der Waals surface area contributed by atoms with Crippen LogP contribution in [0.15, 0.2) is 12.2 Å². The summed E-state index contributed by atoms with van der Waals surface area (Å²) in [6, 6.07) is 0.864. The zero-order chi connectivity index (χ0) is 14.6. The maximum absolute atomic E-state index is 11.7. The van der Waals surface area contributed by atoms with Crippen LogP contribution in [-0.2, 0) is 14.0 Å². The summed E-state index contributed by atoms with van der Waals surface area (Å²) in [6.45, 7) is 12.4. The van der Waals surface area contributed by atoms with Crippen molar-refractivity contribution >= 4 is 20.3 Å². The molecule has 5 heteroatoms. The quantitative estimate of drug-likeness (QED) is 0.616. The molecule has 4 nitrogen and oxygen atoms in total. The van der Waals surface area contributed by atoms with Crippen LogP contribution in [0.5, 0.6) is 0 Å². The highest BCUT2D eigenvalue weighted by Crippen LogP contribution is 2.41. The van der Waals surface area contributed by atoms with Crippen molar-refractivity contribution in [1.29, 1.82) is 0 Å². The first-order valence-corrected chi connectivity index (χ1v) is 8.73. The Morgan fingerprint density at radius 3 is 2.11 bits per heavy atom. The lowest BCUT2D eigenvalue weighted by Gasteiger charge is -2.39. The highest BCUT2D eigenvalue weighted by Gasteiger charge is 2.45. The number of carboxylic acid groups (broad SMARTS) is 1. The van der Waals surface area contributed by atoms with Crippen LogP contribution in [0, 0.1) is 5.92 Å². The molecule has 0 radical (unpaired) electrons. The molecule has 0 aliphatic heterocycles. The SMILES string of the molecule is CC(C)C[Si](C)(OC(=O)/C=C\C(=O)O)C(C)(C)C. The number of rotatable bonds is 5. The highest BCUT2D eigenvalue weighted by molar-refractivity contribution is 6.76. The van der Waals surface area contributed by atoms with Crippen molar-refractivity contribution in [2.45, 2.75) is 52.2 Å². The van der Waals surface area contributed by atoms with Gasteiger partial charge in [0.1, 0.15) is 0 Å². The second-order valence-electron chi connectivity index (χ2n) is 6.17. The standard InChI is InChI=1S/C13H24O4Si/c1-10(2)9-18(6,13(3,4)5)17-12(16)8-7-11(14)15/h7-8,10H,9H2,1-6H3,(H,14,15)/b8-7-. The van der Waals surface area contributed by atoms with Crippen LogP contribution in [-0.4, -0.2) is 25.4 Å². The van der Waals surface area contributed by atoms with Gasteiger partial charge in [-0.3, -0.25) is 0 Å². The number of carboxylic acids is 1. The molecule has 0 saturated carbocycles. The third kappa shape index (κ3) is 5.49. The molecular formula is C13H24O4Si. The van der Waals surface area contributed by atoms with E-state index >= 15 is 0 Å². The summed E-state index contributed by atoms with van der Waals surface area (Å²) < 4.78 is 5.61. The minimum atomic E-state index is -2.24. The number of carbonyl (C=O) groups excluding carboxylic acids is 1. The first-order valence-electron chi connectivity index (χ1n) is 6.12. The molecule has 0 saturated heterocycles. The van der Waals surface area contributed by atoms with Gasteiger partial charge in [0.25, 0.3) is 8.32 Å². The minimum Gasteiger partial charge on any atom is -0.516 e. The molecule has 0 heterocycles. The van der Waals surface area contributed by atoms with Gasteiger partial charge in [0.15, 0.2) is 0 Å². The molecule has 104 valence electrons. The molecule has 18 heavy (non-hydrogen) atoms. The fraction of sp³-hybridized carbons (Fsp3) is 0.692. The zero-order valence-electron chi connectivity index (χ0n) is 12.1. The molecule has 0 aliphatic carbocycles. The summed E-state index contributed by atoms with van der Waals surface area (Å²) >= 11 is 0. The van der Waals surface area contributed by atoms with Crippen LogP contribution in [0.25, 0.3) is 0 Å². The molecule has 0 spiro atoms.